The molecule has 3 heterocycles. The van der Waals surface area contributed by atoms with Crippen LogP contribution in [0.4, 0.5) is 4.79 Å². The van der Waals surface area contributed by atoms with Crippen molar-refractivity contribution in [1.82, 2.24) is 4.90 Å². The summed E-state index contributed by atoms with van der Waals surface area (Å²) in [6.45, 7) is 16.1. The predicted octanol–water partition coefficient (Wildman–Crippen LogP) is 4.07. The normalized spacial score (nSPS) is 25.5. The van der Waals surface area contributed by atoms with E-state index < -0.39 is 5.60 Å². The van der Waals surface area contributed by atoms with Crippen LogP contribution in [0, 0.1) is 5.92 Å². The van der Waals surface area contributed by atoms with Gasteiger partial charge < -0.3 is 23.7 Å². The van der Waals surface area contributed by atoms with Crippen LogP contribution in [0.1, 0.15) is 72.4 Å². The smallest absolute Gasteiger partial charge is 0.444 e. The van der Waals surface area contributed by atoms with E-state index in [0.29, 0.717) is 12.5 Å². The van der Waals surface area contributed by atoms with Crippen LogP contribution in [0.2, 0.25) is 0 Å². The van der Waals surface area contributed by atoms with E-state index in [-0.39, 0.29) is 30.5 Å². The van der Waals surface area contributed by atoms with Crippen molar-refractivity contribution in [2.24, 2.45) is 5.92 Å². The Morgan fingerprint density at radius 2 is 1.69 bits per heavy atom. The lowest BCUT2D eigenvalue weighted by atomic mass is 9.76. The lowest BCUT2D eigenvalue weighted by Gasteiger charge is -2.38. The van der Waals surface area contributed by atoms with Gasteiger partial charge in [-0.05, 0) is 90.2 Å². The van der Waals surface area contributed by atoms with Gasteiger partial charge in [-0.1, -0.05) is 18.2 Å². The molecule has 3 aliphatic rings. The molecule has 3 aliphatic heterocycles. The van der Waals surface area contributed by atoms with Crippen LogP contribution in [0.5, 0.6) is 0 Å². The summed E-state index contributed by atoms with van der Waals surface area (Å²) in [5, 5.41) is 0. The number of carbonyl (C=O) groups is 1. The summed E-state index contributed by atoms with van der Waals surface area (Å²) in [4.78, 5) is 14.2. The van der Waals surface area contributed by atoms with Crippen LogP contribution in [0.3, 0.4) is 0 Å². The fourth-order valence-electron chi connectivity index (χ4n) is 4.66. The molecule has 1 amide bonds. The van der Waals surface area contributed by atoms with Gasteiger partial charge in [-0.15, -0.1) is 0 Å². The number of fused-ring (bicyclic) bond motifs is 1. The van der Waals surface area contributed by atoms with E-state index in [1.807, 2.05) is 25.7 Å². The molecule has 1 aromatic rings. The predicted molar refractivity (Wildman–Crippen MR) is 125 cm³/mol. The van der Waals surface area contributed by atoms with Crippen molar-refractivity contribution >= 4 is 18.7 Å². The maximum Gasteiger partial charge on any atom is 0.494 e. The molecule has 0 aliphatic carbocycles. The minimum absolute atomic E-state index is 0.178. The summed E-state index contributed by atoms with van der Waals surface area (Å²) in [6, 6.07) is 6.49. The van der Waals surface area contributed by atoms with Gasteiger partial charge in [0.25, 0.3) is 0 Å². The second kappa shape index (κ2) is 8.34. The fourth-order valence-corrected chi connectivity index (χ4v) is 4.66. The first-order chi connectivity index (χ1) is 14.8. The number of likely N-dealkylation sites (tertiary alicyclic amines) is 1. The van der Waals surface area contributed by atoms with Crippen molar-refractivity contribution in [2.75, 3.05) is 13.1 Å². The minimum atomic E-state index is -0.459. The molecule has 2 saturated heterocycles. The zero-order valence-electron chi connectivity index (χ0n) is 20.7. The third-order valence-corrected chi connectivity index (χ3v) is 7.35. The number of rotatable bonds is 2. The van der Waals surface area contributed by atoms with Crippen LogP contribution in [0.15, 0.2) is 18.2 Å². The molecular weight excluding hydrogens is 405 g/mol. The summed E-state index contributed by atoms with van der Waals surface area (Å²) in [7, 11) is -0.344. The van der Waals surface area contributed by atoms with E-state index in [1.54, 1.807) is 0 Å². The van der Waals surface area contributed by atoms with Gasteiger partial charge in [0.15, 0.2) is 0 Å². The summed E-state index contributed by atoms with van der Waals surface area (Å²) >= 11 is 0. The first-order valence-electron chi connectivity index (χ1n) is 11.9. The van der Waals surface area contributed by atoms with Crippen molar-refractivity contribution in [3.05, 3.63) is 29.3 Å². The number of ether oxygens (including phenoxy) is 2. The van der Waals surface area contributed by atoms with Gasteiger partial charge in [0.1, 0.15) is 5.60 Å². The Kier molecular flexibility index (Phi) is 6.14. The number of carbonyl (C=O) groups excluding carboxylic acids is 1. The van der Waals surface area contributed by atoms with Crippen molar-refractivity contribution in [3.63, 3.8) is 0 Å². The van der Waals surface area contributed by atoms with Gasteiger partial charge in [-0.25, -0.2) is 4.79 Å². The molecular formula is C25H38BNO5. The lowest BCUT2D eigenvalue weighted by molar-refractivity contribution is -0.0328. The molecule has 0 aromatic heterocycles. The molecule has 176 valence electrons. The van der Waals surface area contributed by atoms with E-state index in [1.165, 1.54) is 11.1 Å². The van der Waals surface area contributed by atoms with Crippen LogP contribution >= 0.6 is 0 Å². The highest BCUT2D eigenvalue weighted by molar-refractivity contribution is 6.62. The lowest BCUT2D eigenvalue weighted by Crippen LogP contribution is -2.45. The SMILES string of the molecule is CC(C)(C)OC(=O)N1CCC(C2Cc3cc(B4OC(C)(C)C(C)(C)O4)ccc3CO2)CC1. The summed E-state index contributed by atoms with van der Waals surface area (Å²) < 4.78 is 24.3. The highest BCUT2D eigenvalue weighted by Gasteiger charge is 2.51. The van der Waals surface area contributed by atoms with E-state index in [4.69, 9.17) is 18.8 Å². The number of hydrogen-bond donors (Lipinski definition) is 0. The fraction of sp³-hybridized carbons (Fsp3) is 0.720. The van der Waals surface area contributed by atoms with E-state index >= 15 is 0 Å². The molecule has 2 fully saturated rings. The van der Waals surface area contributed by atoms with Gasteiger partial charge in [-0.3, -0.25) is 0 Å². The van der Waals surface area contributed by atoms with Crippen molar-refractivity contribution < 1.29 is 23.6 Å². The summed E-state index contributed by atoms with van der Waals surface area (Å²) in [6.07, 6.45) is 2.74. The maximum absolute atomic E-state index is 12.4. The molecule has 0 radical (unpaired) electrons. The number of hydrogen-bond acceptors (Lipinski definition) is 5. The van der Waals surface area contributed by atoms with Crippen LogP contribution in [-0.2, 0) is 31.8 Å². The Balaban J connectivity index is 1.38. The largest absolute Gasteiger partial charge is 0.494 e. The zero-order valence-corrected chi connectivity index (χ0v) is 20.7. The number of piperidine rings is 1. The Bertz CT molecular complexity index is 838. The quantitative estimate of drug-likeness (QED) is 0.645. The first-order valence-corrected chi connectivity index (χ1v) is 11.9. The topological polar surface area (TPSA) is 57.2 Å². The molecule has 0 spiro atoms. The third kappa shape index (κ3) is 4.85. The summed E-state index contributed by atoms with van der Waals surface area (Å²) in [5.41, 5.74) is 2.49. The Morgan fingerprint density at radius 1 is 1.06 bits per heavy atom. The zero-order chi connectivity index (χ0) is 23.3. The van der Waals surface area contributed by atoms with E-state index in [2.05, 4.69) is 45.9 Å². The van der Waals surface area contributed by atoms with E-state index in [9.17, 15) is 4.79 Å². The van der Waals surface area contributed by atoms with Crippen molar-refractivity contribution in [3.8, 4) is 0 Å². The molecule has 6 nitrogen and oxygen atoms in total. The van der Waals surface area contributed by atoms with E-state index in [0.717, 1.165) is 37.8 Å². The Morgan fingerprint density at radius 3 is 2.28 bits per heavy atom. The average molecular weight is 443 g/mol. The molecule has 32 heavy (non-hydrogen) atoms. The molecule has 0 bridgehead atoms. The van der Waals surface area contributed by atoms with Crippen LogP contribution in [0.25, 0.3) is 0 Å². The molecule has 0 N–H and O–H groups in total. The molecule has 4 rings (SSSR count). The number of amides is 1. The average Bonchev–Trinajstić information content (AvgIpc) is 2.93. The highest BCUT2D eigenvalue weighted by atomic mass is 16.7. The maximum atomic E-state index is 12.4. The van der Waals surface area contributed by atoms with Gasteiger partial charge in [0.05, 0.1) is 23.9 Å². The van der Waals surface area contributed by atoms with Gasteiger partial charge in [0, 0.05) is 13.1 Å². The summed E-state index contributed by atoms with van der Waals surface area (Å²) in [5.74, 6) is 0.447. The molecule has 1 unspecified atom stereocenters. The van der Waals surface area contributed by atoms with Crippen molar-refractivity contribution in [2.45, 2.75) is 97.2 Å². The second-order valence-corrected chi connectivity index (χ2v) is 11.5. The highest BCUT2D eigenvalue weighted by Crippen LogP contribution is 2.37. The Hall–Kier alpha value is -1.57. The molecule has 1 aromatic carbocycles. The standard InChI is InChI=1S/C25H38BNO5/c1-23(2,3)30-22(28)27-12-10-17(11-13-27)21-15-19-14-20(9-8-18(19)16-29-21)26-31-24(4,5)25(6,7)32-26/h8-9,14,17,21H,10-13,15-16H2,1-7H3. The second-order valence-electron chi connectivity index (χ2n) is 11.5. The van der Waals surface area contributed by atoms with Crippen LogP contribution < -0.4 is 5.46 Å². The third-order valence-electron chi connectivity index (χ3n) is 7.35. The minimum Gasteiger partial charge on any atom is -0.444 e. The van der Waals surface area contributed by atoms with Crippen LogP contribution in [-0.4, -0.2) is 54.1 Å². The number of nitrogens with zero attached hydrogens (tertiary/aromatic N) is 1. The van der Waals surface area contributed by atoms with Gasteiger partial charge >= 0.3 is 13.2 Å². The molecule has 7 heteroatoms. The monoisotopic (exact) mass is 443 g/mol. The molecule has 1 atom stereocenters. The molecule has 0 saturated carbocycles. The Labute approximate surface area is 193 Å². The van der Waals surface area contributed by atoms with Gasteiger partial charge in [-0.2, -0.15) is 0 Å². The van der Waals surface area contributed by atoms with Crippen molar-refractivity contribution in [1.29, 1.82) is 0 Å². The van der Waals surface area contributed by atoms with Gasteiger partial charge in [0.2, 0.25) is 0 Å². The number of benzene rings is 1. The first kappa shape index (κ1) is 23.6.